The molecule has 0 saturated heterocycles. The van der Waals surface area contributed by atoms with E-state index in [0.29, 0.717) is 19.6 Å². The van der Waals surface area contributed by atoms with Crippen LogP contribution in [0, 0.1) is 0 Å². The summed E-state index contributed by atoms with van der Waals surface area (Å²) in [7, 11) is 0. The first-order valence-corrected chi connectivity index (χ1v) is 9.81. The van der Waals surface area contributed by atoms with Gasteiger partial charge in [0.1, 0.15) is 11.9 Å². The largest absolute Gasteiger partial charge is 0.444 e. The molecule has 1 aromatic carbocycles. The summed E-state index contributed by atoms with van der Waals surface area (Å²) in [6.45, 7) is 10.1. The van der Waals surface area contributed by atoms with E-state index in [9.17, 15) is 4.79 Å². The number of H-pyrrole nitrogens is 1. The van der Waals surface area contributed by atoms with Crippen LogP contribution in [0.15, 0.2) is 35.6 Å². The Morgan fingerprint density at radius 3 is 2.69 bits per heavy atom. The van der Waals surface area contributed by atoms with Crippen LogP contribution in [0.1, 0.15) is 39.7 Å². The molecule has 2 rings (SSSR count). The third-order valence-corrected chi connectivity index (χ3v) is 3.69. The molecular weight excluding hydrogens is 370 g/mol. The first-order valence-electron chi connectivity index (χ1n) is 9.81. The van der Waals surface area contributed by atoms with Crippen molar-refractivity contribution in [2.75, 3.05) is 19.6 Å². The molecule has 0 unspecified atom stereocenters. The van der Waals surface area contributed by atoms with Gasteiger partial charge in [-0.05, 0) is 45.7 Å². The van der Waals surface area contributed by atoms with Crippen molar-refractivity contribution >= 4 is 12.1 Å². The highest BCUT2D eigenvalue weighted by Crippen LogP contribution is 2.15. The van der Waals surface area contributed by atoms with E-state index >= 15 is 0 Å². The summed E-state index contributed by atoms with van der Waals surface area (Å²) < 4.78 is 5.21. The molecular formula is C20H31N7O2. The molecule has 0 aliphatic heterocycles. The van der Waals surface area contributed by atoms with Gasteiger partial charge >= 0.3 is 6.09 Å². The van der Waals surface area contributed by atoms with Gasteiger partial charge in [-0.1, -0.05) is 18.2 Å². The van der Waals surface area contributed by atoms with Crippen molar-refractivity contribution in [3.8, 4) is 11.4 Å². The number of rotatable bonds is 8. The van der Waals surface area contributed by atoms with Gasteiger partial charge in [0, 0.05) is 25.2 Å². The van der Waals surface area contributed by atoms with Crippen LogP contribution in [0.4, 0.5) is 4.79 Å². The molecule has 4 N–H and O–H groups in total. The zero-order chi connectivity index (χ0) is 21.1. The summed E-state index contributed by atoms with van der Waals surface area (Å²) in [5.41, 5.74) is 1.56. The lowest BCUT2D eigenvalue weighted by Crippen LogP contribution is -2.39. The average Bonchev–Trinajstić information content (AvgIpc) is 3.19. The van der Waals surface area contributed by atoms with E-state index in [1.807, 2.05) is 52.0 Å². The van der Waals surface area contributed by atoms with E-state index in [-0.39, 0.29) is 0 Å². The number of carbonyl (C=O) groups excluding carboxylic acids is 1. The summed E-state index contributed by atoms with van der Waals surface area (Å²) >= 11 is 0. The number of hydrogen-bond acceptors (Lipinski definition) is 5. The number of aliphatic imine (C=N–C) groups is 1. The van der Waals surface area contributed by atoms with Crippen LogP contribution < -0.4 is 16.0 Å². The Morgan fingerprint density at radius 2 is 2.00 bits per heavy atom. The maximum atomic E-state index is 11.6. The first-order chi connectivity index (χ1) is 13.9. The second kappa shape index (κ2) is 11.0. The Bertz CT molecular complexity index is 782. The molecule has 29 heavy (non-hydrogen) atoms. The minimum Gasteiger partial charge on any atom is -0.444 e. The lowest BCUT2D eigenvalue weighted by molar-refractivity contribution is 0.0527. The molecule has 9 nitrogen and oxygen atoms in total. The number of benzene rings is 1. The topological polar surface area (TPSA) is 116 Å². The van der Waals surface area contributed by atoms with Crippen LogP contribution in [0.25, 0.3) is 11.4 Å². The summed E-state index contributed by atoms with van der Waals surface area (Å²) in [4.78, 5) is 20.4. The number of hydrogen-bond donors (Lipinski definition) is 4. The number of nitrogens with one attached hydrogen (secondary N) is 4. The van der Waals surface area contributed by atoms with Crippen molar-refractivity contribution in [3.05, 3.63) is 36.2 Å². The molecule has 0 spiro atoms. The highest BCUT2D eigenvalue weighted by atomic mass is 16.6. The van der Waals surface area contributed by atoms with Crippen molar-refractivity contribution < 1.29 is 9.53 Å². The molecule has 0 radical (unpaired) electrons. The van der Waals surface area contributed by atoms with Crippen molar-refractivity contribution in [1.29, 1.82) is 0 Å². The van der Waals surface area contributed by atoms with Crippen molar-refractivity contribution in [2.24, 2.45) is 4.99 Å². The highest BCUT2D eigenvalue weighted by Gasteiger charge is 2.15. The third kappa shape index (κ3) is 8.63. The maximum Gasteiger partial charge on any atom is 0.407 e. The predicted octanol–water partition coefficient (Wildman–Crippen LogP) is 2.44. The number of guanidine groups is 1. The normalized spacial score (nSPS) is 11.8. The first kappa shape index (κ1) is 22.2. The molecule has 0 fully saturated rings. The van der Waals surface area contributed by atoms with Gasteiger partial charge in [-0.2, -0.15) is 5.10 Å². The predicted molar refractivity (Wildman–Crippen MR) is 113 cm³/mol. The Balaban J connectivity index is 1.79. The van der Waals surface area contributed by atoms with Gasteiger partial charge in [0.2, 0.25) is 0 Å². The van der Waals surface area contributed by atoms with Crippen LogP contribution >= 0.6 is 0 Å². The average molecular weight is 402 g/mol. The minimum atomic E-state index is -0.488. The lowest BCUT2D eigenvalue weighted by Gasteiger charge is -2.19. The van der Waals surface area contributed by atoms with E-state index in [2.05, 4.69) is 36.1 Å². The zero-order valence-corrected chi connectivity index (χ0v) is 17.6. The van der Waals surface area contributed by atoms with Gasteiger partial charge < -0.3 is 20.7 Å². The van der Waals surface area contributed by atoms with E-state index in [0.717, 1.165) is 35.9 Å². The highest BCUT2D eigenvalue weighted by molar-refractivity contribution is 5.79. The van der Waals surface area contributed by atoms with Crippen LogP contribution in [0.5, 0.6) is 0 Å². The SMILES string of the molecule is CCNC(=NCc1cccc(-c2ncn[nH]2)c1)NCCCNC(=O)OC(C)(C)C. The fourth-order valence-corrected chi connectivity index (χ4v) is 2.47. The fourth-order valence-electron chi connectivity index (χ4n) is 2.47. The molecule has 1 amide bonds. The van der Waals surface area contributed by atoms with E-state index < -0.39 is 11.7 Å². The Morgan fingerprint density at radius 1 is 1.21 bits per heavy atom. The van der Waals surface area contributed by atoms with E-state index in [1.165, 1.54) is 6.33 Å². The summed E-state index contributed by atoms with van der Waals surface area (Å²) in [6.07, 6.45) is 1.85. The third-order valence-electron chi connectivity index (χ3n) is 3.69. The number of aromatic nitrogens is 3. The number of carbonyl (C=O) groups is 1. The molecule has 0 atom stereocenters. The smallest absolute Gasteiger partial charge is 0.407 e. The quantitative estimate of drug-likeness (QED) is 0.307. The van der Waals surface area contributed by atoms with Crippen molar-refractivity contribution in [1.82, 2.24) is 31.1 Å². The van der Waals surface area contributed by atoms with Gasteiger partial charge in [-0.15, -0.1) is 0 Å². The summed E-state index contributed by atoms with van der Waals surface area (Å²) in [5.74, 6) is 1.47. The van der Waals surface area contributed by atoms with Gasteiger partial charge in [0.25, 0.3) is 0 Å². The molecule has 0 aliphatic carbocycles. The number of ether oxygens (including phenoxy) is 1. The minimum absolute atomic E-state index is 0.398. The Labute approximate surface area is 171 Å². The Hall–Kier alpha value is -3.10. The standard InChI is InChI=1S/C20H31N7O2/c1-5-21-18(22-10-7-11-23-19(28)29-20(2,3)4)24-13-15-8-6-9-16(12-15)17-25-14-26-27-17/h6,8-9,12,14H,5,7,10-11,13H2,1-4H3,(H,23,28)(H2,21,22,24)(H,25,26,27). The second-order valence-corrected chi connectivity index (χ2v) is 7.44. The number of aromatic amines is 1. The van der Waals surface area contributed by atoms with Gasteiger partial charge in [0.05, 0.1) is 6.54 Å². The molecule has 2 aromatic rings. The van der Waals surface area contributed by atoms with Crippen LogP contribution in [-0.2, 0) is 11.3 Å². The van der Waals surface area contributed by atoms with Crippen LogP contribution in [-0.4, -0.2) is 52.5 Å². The lowest BCUT2D eigenvalue weighted by atomic mass is 10.1. The summed E-state index contributed by atoms with van der Waals surface area (Å²) in [5, 5.41) is 16.0. The number of amides is 1. The molecule has 0 saturated carbocycles. The van der Waals surface area contributed by atoms with Crippen LogP contribution in [0.2, 0.25) is 0 Å². The molecule has 1 aromatic heterocycles. The molecule has 158 valence electrons. The van der Waals surface area contributed by atoms with Gasteiger partial charge in [-0.3, -0.25) is 5.10 Å². The van der Waals surface area contributed by atoms with Crippen molar-refractivity contribution in [3.63, 3.8) is 0 Å². The second-order valence-electron chi connectivity index (χ2n) is 7.44. The van der Waals surface area contributed by atoms with E-state index in [4.69, 9.17) is 4.74 Å². The van der Waals surface area contributed by atoms with E-state index in [1.54, 1.807) is 0 Å². The summed E-state index contributed by atoms with van der Waals surface area (Å²) in [6, 6.07) is 8.02. The molecule has 0 aliphatic rings. The molecule has 0 bridgehead atoms. The zero-order valence-electron chi connectivity index (χ0n) is 17.6. The Kier molecular flexibility index (Phi) is 8.45. The number of nitrogens with zero attached hydrogens (tertiary/aromatic N) is 3. The van der Waals surface area contributed by atoms with Gasteiger partial charge in [0.15, 0.2) is 11.8 Å². The van der Waals surface area contributed by atoms with Gasteiger partial charge in [-0.25, -0.2) is 14.8 Å². The fraction of sp³-hybridized carbons (Fsp3) is 0.500. The molecule has 1 heterocycles. The maximum absolute atomic E-state index is 11.6. The molecule has 9 heteroatoms. The number of alkyl carbamates (subject to hydrolysis) is 1. The van der Waals surface area contributed by atoms with Crippen molar-refractivity contribution in [2.45, 2.75) is 46.3 Å². The van der Waals surface area contributed by atoms with Crippen LogP contribution in [0.3, 0.4) is 0 Å². The monoisotopic (exact) mass is 401 g/mol.